The largest absolute Gasteiger partial charge is 0.363 e. The van der Waals surface area contributed by atoms with Gasteiger partial charge in [-0.1, -0.05) is 60.1 Å². The van der Waals surface area contributed by atoms with Gasteiger partial charge < -0.3 is 4.90 Å². The lowest BCUT2D eigenvalue weighted by atomic mass is 9.90. The van der Waals surface area contributed by atoms with Crippen LogP contribution in [-0.2, 0) is 0 Å². The van der Waals surface area contributed by atoms with E-state index in [0.717, 1.165) is 5.02 Å². The van der Waals surface area contributed by atoms with Crippen molar-refractivity contribution in [3.63, 3.8) is 0 Å². The molecule has 2 unspecified atom stereocenters. The third-order valence-corrected chi connectivity index (χ3v) is 6.84. The molecule has 1 nitrogen and oxygen atoms in total. The maximum absolute atomic E-state index is 6.08. The standard InChI is InChI=1S/C23H18ClNS/c1-25-21-9-5-4-8-19(21)23(26-17-12-10-16(24)11-13-17)20-14-15-6-2-3-7-18(15)22(20)25/h2-14,22-23H,1H3. The highest BCUT2D eigenvalue weighted by Gasteiger charge is 2.39. The maximum Gasteiger partial charge on any atom is 0.0775 e. The van der Waals surface area contributed by atoms with Crippen LogP contribution in [0.4, 0.5) is 5.69 Å². The summed E-state index contributed by atoms with van der Waals surface area (Å²) in [4.78, 5) is 3.67. The van der Waals surface area contributed by atoms with Crippen LogP contribution in [0.15, 0.2) is 83.3 Å². The third-order valence-electron chi connectivity index (χ3n) is 5.29. The Morgan fingerprint density at radius 1 is 0.846 bits per heavy atom. The van der Waals surface area contributed by atoms with Crippen molar-refractivity contribution in [2.24, 2.45) is 0 Å². The molecule has 1 heterocycles. The van der Waals surface area contributed by atoms with Crippen LogP contribution >= 0.6 is 23.4 Å². The maximum atomic E-state index is 6.08. The normalized spacial score (nSPS) is 20.2. The number of halogens is 1. The highest BCUT2D eigenvalue weighted by atomic mass is 35.5. The predicted octanol–water partition coefficient (Wildman–Crippen LogP) is 6.76. The molecule has 0 N–H and O–H groups in total. The Kier molecular flexibility index (Phi) is 3.84. The molecular formula is C23H18ClNS. The lowest BCUT2D eigenvalue weighted by Crippen LogP contribution is -2.31. The average Bonchev–Trinajstić information content (AvgIpc) is 3.06. The fourth-order valence-corrected chi connectivity index (χ4v) is 5.46. The molecule has 3 aromatic rings. The second-order valence-electron chi connectivity index (χ2n) is 6.80. The Morgan fingerprint density at radius 2 is 1.54 bits per heavy atom. The van der Waals surface area contributed by atoms with Crippen LogP contribution in [0.2, 0.25) is 5.02 Å². The summed E-state index contributed by atoms with van der Waals surface area (Å²) in [6, 6.07) is 26.0. The Labute approximate surface area is 163 Å². The van der Waals surface area contributed by atoms with E-state index in [1.54, 1.807) is 0 Å². The minimum atomic E-state index is 0.306. The van der Waals surface area contributed by atoms with Gasteiger partial charge in [-0.25, -0.2) is 0 Å². The number of fused-ring (bicyclic) bond motifs is 4. The van der Waals surface area contributed by atoms with Crippen LogP contribution in [-0.4, -0.2) is 7.05 Å². The van der Waals surface area contributed by atoms with Gasteiger partial charge in [0.15, 0.2) is 0 Å². The molecule has 3 aromatic carbocycles. The van der Waals surface area contributed by atoms with Gasteiger partial charge in [0.25, 0.3) is 0 Å². The summed E-state index contributed by atoms with van der Waals surface area (Å²) >= 11 is 7.99. The van der Waals surface area contributed by atoms with Gasteiger partial charge in [-0.15, -0.1) is 11.8 Å². The first-order valence-corrected chi connectivity index (χ1v) is 10.0. The van der Waals surface area contributed by atoms with Gasteiger partial charge in [0.2, 0.25) is 0 Å². The summed E-state index contributed by atoms with van der Waals surface area (Å²) in [7, 11) is 2.21. The lowest BCUT2D eigenvalue weighted by Gasteiger charge is -2.40. The van der Waals surface area contributed by atoms with Gasteiger partial charge in [-0.3, -0.25) is 0 Å². The number of anilines is 1. The number of benzene rings is 3. The van der Waals surface area contributed by atoms with Crippen LogP contribution in [0.3, 0.4) is 0 Å². The molecule has 5 rings (SSSR count). The molecule has 1 aliphatic heterocycles. The van der Waals surface area contributed by atoms with Crippen LogP contribution < -0.4 is 4.90 Å². The van der Waals surface area contributed by atoms with E-state index in [4.69, 9.17) is 11.6 Å². The Balaban J connectivity index is 1.65. The average molecular weight is 376 g/mol. The van der Waals surface area contributed by atoms with Crippen molar-refractivity contribution >= 4 is 35.1 Å². The smallest absolute Gasteiger partial charge is 0.0775 e. The van der Waals surface area contributed by atoms with Gasteiger partial charge in [-0.2, -0.15) is 0 Å². The zero-order valence-electron chi connectivity index (χ0n) is 14.4. The molecule has 0 saturated heterocycles. The number of hydrogen-bond donors (Lipinski definition) is 0. The predicted molar refractivity (Wildman–Crippen MR) is 112 cm³/mol. The zero-order chi connectivity index (χ0) is 17.7. The number of para-hydroxylation sites is 1. The second-order valence-corrected chi connectivity index (χ2v) is 8.41. The van der Waals surface area contributed by atoms with Gasteiger partial charge in [0.05, 0.1) is 11.3 Å². The van der Waals surface area contributed by atoms with Crippen molar-refractivity contribution in [3.05, 3.63) is 100 Å². The summed E-state index contributed by atoms with van der Waals surface area (Å²) in [5.41, 5.74) is 6.91. The summed E-state index contributed by atoms with van der Waals surface area (Å²) in [5, 5.41) is 1.09. The van der Waals surface area contributed by atoms with Crippen LogP contribution in [0.25, 0.3) is 6.08 Å². The molecule has 2 atom stereocenters. The first-order valence-electron chi connectivity index (χ1n) is 8.77. The summed E-state index contributed by atoms with van der Waals surface area (Å²) < 4.78 is 0. The first-order chi connectivity index (χ1) is 12.7. The summed E-state index contributed by atoms with van der Waals surface area (Å²) in [6.45, 7) is 0. The van der Waals surface area contributed by atoms with Gasteiger partial charge in [0.1, 0.15) is 0 Å². The fraction of sp³-hybridized carbons (Fsp3) is 0.130. The molecule has 128 valence electrons. The van der Waals surface area contributed by atoms with Gasteiger partial charge >= 0.3 is 0 Å². The molecule has 0 amide bonds. The van der Waals surface area contributed by atoms with E-state index in [1.165, 1.54) is 32.8 Å². The zero-order valence-corrected chi connectivity index (χ0v) is 16.0. The topological polar surface area (TPSA) is 3.24 Å². The van der Waals surface area contributed by atoms with E-state index in [0.29, 0.717) is 11.3 Å². The molecule has 0 spiro atoms. The first kappa shape index (κ1) is 16.0. The monoisotopic (exact) mass is 375 g/mol. The Hall–Kier alpha value is -2.16. The highest BCUT2D eigenvalue weighted by molar-refractivity contribution is 7.99. The SMILES string of the molecule is CN1c2ccccc2C(Sc2ccc(Cl)cc2)C2=Cc3ccccc3C21. The Bertz CT molecular complexity index is 1010. The van der Waals surface area contributed by atoms with E-state index in [2.05, 4.69) is 78.7 Å². The third kappa shape index (κ3) is 2.48. The van der Waals surface area contributed by atoms with Crippen molar-refractivity contribution in [2.45, 2.75) is 16.2 Å². The highest BCUT2D eigenvalue weighted by Crippen LogP contribution is 2.57. The molecule has 0 saturated carbocycles. The summed E-state index contributed by atoms with van der Waals surface area (Å²) in [5.74, 6) is 0. The van der Waals surface area contributed by atoms with Gasteiger partial charge in [-0.05, 0) is 52.6 Å². The molecule has 0 radical (unpaired) electrons. The number of likely N-dealkylation sites (N-methyl/N-ethyl adjacent to an activating group) is 1. The number of nitrogens with zero attached hydrogens (tertiary/aromatic N) is 1. The van der Waals surface area contributed by atoms with Crippen molar-refractivity contribution in [1.29, 1.82) is 0 Å². The summed E-state index contributed by atoms with van der Waals surface area (Å²) in [6.07, 6.45) is 2.39. The van der Waals surface area contributed by atoms with Crippen LogP contribution in [0, 0.1) is 0 Å². The molecular weight excluding hydrogens is 358 g/mol. The van der Waals surface area contributed by atoms with Crippen molar-refractivity contribution in [1.82, 2.24) is 0 Å². The van der Waals surface area contributed by atoms with E-state index < -0.39 is 0 Å². The number of thioether (sulfide) groups is 1. The molecule has 26 heavy (non-hydrogen) atoms. The second kappa shape index (κ2) is 6.22. The molecule has 0 aromatic heterocycles. The number of rotatable bonds is 2. The van der Waals surface area contributed by atoms with E-state index >= 15 is 0 Å². The van der Waals surface area contributed by atoms with Crippen molar-refractivity contribution in [2.75, 3.05) is 11.9 Å². The van der Waals surface area contributed by atoms with E-state index in [9.17, 15) is 0 Å². The van der Waals surface area contributed by atoms with Crippen LogP contribution in [0.1, 0.15) is 28.0 Å². The van der Waals surface area contributed by atoms with E-state index in [1.807, 2.05) is 23.9 Å². The molecule has 3 heteroatoms. The van der Waals surface area contributed by atoms with Crippen molar-refractivity contribution in [3.8, 4) is 0 Å². The fourth-order valence-electron chi connectivity index (χ4n) is 4.11. The quantitative estimate of drug-likeness (QED) is 0.486. The molecule has 0 fully saturated rings. The molecule has 0 bridgehead atoms. The minimum absolute atomic E-state index is 0.306. The molecule has 1 aliphatic carbocycles. The van der Waals surface area contributed by atoms with Crippen molar-refractivity contribution < 1.29 is 0 Å². The minimum Gasteiger partial charge on any atom is -0.363 e. The van der Waals surface area contributed by atoms with Gasteiger partial charge in [0, 0.05) is 22.7 Å². The molecule has 2 aliphatic rings. The Morgan fingerprint density at radius 3 is 2.35 bits per heavy atom. The lowest BCUT2D eigenvalue weighted by molar-refractivity contribution is 0.723. The van der Waals surface area contributed by atoms with Crippen LogP contribution in [0.5, 0.6) is 0 Å². The van der Waals surface area contributed by atoms with E-state index in [-0.39, 0.29) is 0 Å². The number of hydrogen-bond acceptors (Lipinski definition) is 2.